The number of ether oxygens (including phenoxy) is 1. The van der Waals surface area contributed by atoms with Crippen molar-refractivity contribution < 1.29 is 19.4 Å². The van der Waals surface area contributed by atoms with Crippen molar-refractivity contribution in [2.24, 2.45) is 5.92 Å². The molecule has 0 aromatic carbocycles. The van der Waals surface area contributed by atoms with Gasteiger partial charge >= 0.3 is 11.9 Å². The summed E-state index contributed by atoms with van der Waals surface area (Å²) in [6.07, 6.45) is 3.03. The number of aliphatic carboxylic acids is 1. The Bertz CT molecular complexity index is 445. The molecule has 0 fully saturated rings. The third-order valence-electron chi connectivity index (χ3n) is 2.38. The first-order valence-corrected chi connectivity index (χ1v) is 5.83. The number of carbonyl (C=O) groups excluding carboxylic acids is 1. The molecule has 2 N–H and O–H groups in total. The van der Waals surface area contributed by atoms with Crippen LogP contribution in [0.15, 0.2) is 12.4 Å². The summed E-state index contributed by atoms with van der Waals surface area (Å²) < 4.78 is 4.51. The fraction of sp³-hybridized carbons (Fsp3) is 0.500. The van der Waals surface area contributed by atoms with Gasteiger partial charge in [0.2, 0.25) is 5.95 Å². The Kier molecular flexibility index (Phi) is 5.23. The molecule has 1 aromatic rings. The molecule has 0 saturated carbocycles. The first-order chi connectivity index (χ1) is 8.93. The van der Waals surface area contributed by atoms with E-state index in [0.717, 1.165) is 0 Å². The summed E-state index contributed by atoms with van der Waals surface area (Å²) in [4.78, 5) is 30.0. The monoisotopic (exact) mass is 267 g/mol. The van der Waals surface area contributed by atoms with Crippen LogP contribution in [0.3, 0.4) is 0 Å². The van der Waals surface area contributed by atoms with E-state index in [1.807, 2.05) is 13.8 Å². The van der Waals surface area contributed by atoms with Crippen molar-refractivity contribution >= 4 is 17.9 Å². The summed E-state index contributed by atoms with van der Waals surface area (Å²) in [6.45, 7) is 3.86. The van der Waals surface area contributed by atoms with E-state index >= 15 is 0 Å². The van der Waals surface area contributed by atoms with Crippen molar-refractivity contribution in [3.63, 3.8) is 0 Å². The van der Waals surface area contributed by atoms with Gasteiger partial charge in [0.05, 0.1) is 12.7 Å². The predicted octanol–water partition coefficient (Wildman–Crippen LogP) is 1.17. The van der Waals surface area contributed by atoms with Crippen LogP contribution < -0.4 is 5.32 Å². The Morgan fingerprint density at radius 2 is 1.95 bits per heavy atom. The van der Waals surface area contributed by atoms with Crippen molar-refractivity contribution in [1.29, 1.82) is 0 Å². The van der Waals surface area contributed by atoms with Crippen LogP contribution in [0, 0.1) is 5.92 Å². The van der Waals surface area contributed by atoms with Crippen LogP contribution in [0.5, 0.6) is 0 Å². The second-order valence-electron chi connectivity index (χ2n) is 4.45. The molecule has 7 nitrogen and oxygen atoms in total. The van der Waals surface area contributed by atoms with Gasteiger partial charge in [0.1, 0.15) is 6.04 Å². The minimum atomic E-state index is -0.964. The van der Waals surface area contributed by atoms with Gasteiger partial charge in [0, 0.05) is 12.4 Å². The summed E-state index contributed by atoms with van der Waals surface area (Å²) in [7, 11) is 1.26. The highest BCUT2D eigenvalue weighted by Crippen LogP contribution is 2.10. The fourth-order valence-corrected chi connectivity index (χ4v) is 1.47. The molecule has 1 heterocycles. The SMILES string of the molecule is COC(=O)c1cnc(NC(CC(C)C)C(=O)O)nc1. The zero-order valence-electron chi connectivity index (χ0n) is 11.1. The minimum absolute atomic E-state index is 0.167. The van der Waals surface area contributed by atoms with Gasteiger partial charge in [-0.15, -0.1) is 0 Å². The number of anilines is 1. The molecule has 0 aliphatic carbocycles. The quantitative estimate of drug-likeness (QED) is 0.746. The van der Waals surface area contributed by atoms with Crippen LogP contribution in [0.25, 0.3) is 0 Å². The van der Waals surface area contributed by atoms with Crippen molar-refractivity contribution in [1.82, 2.24) is 9.97 Å². The predicted molar refractivity (Wildman–Crippen MR) is 67.9 cm³/mol. The van der Waals surface area contributed by atoms with Crippen molar-refractivity contribution in [2.75, 3.05) is 12.4 Å². The number of aromatic nitrogens is 2. The largest absolute Gasteiger partial charge is 0.480 e. The minimum Gasteiger partial charge on any atom is -0.480 e. The fourth-order valence-electron chi connectivity index (χ4n) is 1.47. The van der Waals surface area contributed by atoms with Crippen LogP contribution in [-0.4, -0.2) is 40.2 Å². The maximum Gasteiger partial charge on any atom is 0.341 e. The Hall–Kier alpha value is -2.18. The standard InChI is InChI=1S/C12H17N3O4/c1-7(2)4-9(10(16)17)15-12-13-5-8(6-14-12)11(18)19-3/h5-7,9H,4H2,1-3H3,(H,16,17)(H,13,14,15). The van der Waals surface area contributed by atoms with E-state index in [1.165, 1.54) is 19.5 Å². The summed E-state index contributed by atoms with van der Waals surface area (Å²) >= 11 is 0. The molecule has 1 rings (SSSR count). The number of carboxylic acid groups (broad SMARTS) is 1. The lowest BCUT2D eigenvalue weighted by Crippen LogP contribution is -2.31. The van der Waals surface area contributed by atoms with E-state index in [0.29, 0.717) is 6.42 Å². The van der Waals surface area contributed by atoms with Crippen LogP contribution >= 0.6 is 0 Å². The molecule has 104 valence electrons. The van der Waals surface area contributed by atoms with E-state index in [1.54, 1.807) is 0 Å². The average molecular weight is 267 g/mol. The summed E-state index contributed by atoms with van der Waals surface area (Å²) in [6, 6.07) is -0.760. The summed E-state index contributed by atoms with van der Waals surface area (Å²) in [5.74, 6) is -1.11. The van der Waals surface area contributed by atoms with Crippen LogP contribution in [-0.2, 0) is 9.53 Å². The normalized spacial score (nSPS) is 12.0. The lowest BCUT2D eigenvalue weighted by molar-refractivity contribution is -0.138. The Morgan fingerprint density at radius 3 is 2.37 bits per heavy atom. The molecule has 0 bridgehead atoms. The molecular weight excluding hydrogens is 250 g/mol. The maximum absolute atomic E-state index is 11.2. The number of methoxy groups -OCH3 is 1. The van der Waals surface area contributed by atoms with Crippen LogP contribution in [0.2, 0.25) is 0 Å². The smallest absolute Gasteiger partial charge is 0.341 e. The number of carboxylic acids is 1. The first-order valence-electron chi connectivity index (χ1n) is 5.83. The lowest BCUT2D eigenvalue weighted by Gasteiger charge is -2.16. The van der Waals surface area contributed by atoms with Gasteiger partial charge in [-0.3, -0.25) is 0 Å². The number of carbonyl (C=O) groups is 2. The molecule has 0 aliphatic rings. The van der Waals surface area contributed by atoms with Gasteiger partial charge in [-0.1, -0.05) is 13.8 Å². The van der Waals surface area contributed by atoms with Gasteiger partial charge in [0.15, 0.2) is 0 Å². The van der Waals surface area contributed by atoms with E-state index in [9.17, 15) is 9.59 Å². The average Bonchev–Trinajstić information content (AvgIpc) is 2.37. The highest BCUT2D eigenvalue weighted by molar-refractivity contribution is 5.88. The number of nitrogens with one attached hydrogen (secondary N) is 1. The van der Waals surface area contributed by atoms with Crippen molar-refractivity contribution in [2.45, 2.75) is 26.3 Å². The molecule has 0 aliphatic heterocycles. The van der Waals surface area contributed by atoms with Gasteiger partial charge in [-0.05, 0) is 12.3 Å². The number of esters is 1. The Morgan fingerprint density at radius 1 is 1.37 bits per heavy atom. The number of hydrogen-bond acceptors (Lipinski definition) is 6. The molecule has 0 spiro atoms. The van der Waals surface area contributed by atoms with Crippen molar-refractivity contribution in [3.05, 3.63) is 18.0 Å². The van der Waals surface area contributed by atoms with E-state index < -0.39 is 18.0 Å². The third-order valence-corrected chi connectivity index (χ3v) is 2.38. The van der Waals surface area contributed by atoms with E-state index in [2.05, 4.69) is 20.0 Å². The topological polar surface area (TPSA) is 101 Å². The van der Waals surface area contributed by atoms with Gasteiger partial charge < -0.3 is 15.2 Å². The molecular formula is C12H17N3O4. The molecule has 0 radical (unpaired) electrons. The highest BCUT2D eigenvalue weighted by atomic mass is 16.5. The molecule has 0 saturated heterocycles. The zero-order valence-corrected chi connectivity index (χ0v) is 11.1. The van der Waals surface area contributed by atoms with E-state index in [4.69, 9.17) is 5.11 Å². The third kappa shape index (κ3) is 4.53. The molecule has 1 atom stereocenters. The zero-order chi connectivity index (χ0) is 14.4. The Labute approximate surface area is 111 Å². The first kappa shape index (κ1) is 14.9. The van der Waals surface area contributed by atoms with Gasteiger partial charge in [-0.2, -0.15) is 0 Å². The molecule has 19 heavy (non-hydrogen) atoms. The van der Waals surface area contributed by atoms with Crippen LogP contribution in [0.1, 0.15) is 30.6 Å². The van der Waals surface area contributed by atoms with Gasteiger partial charge in [0.25, 0.3) is 0 Å². The Balaban J connectivity index is 2.75. The number of nitrogens with zero attached hydrogens (tertiary/aromatic N) is 2. The number of rotatable bonds is 6. The second-order valence-corrected chi connectivity index (χ2v) is 4.45. The molecule has 1 aromatic heterocycles. The summed E-state index contributed by atoms with van der Waals surface area (Å²) in [5, 5.41) is 11.8. The van der Waals surface area contributed by atoms with Gasteiger partial charge in [-0.25, -0.2) is 19.6 Å². The van der Waals surface area contributed by atoms with Crippen molar-refractivity contribution in [3.8, 4) is 0 Å². The second kappa shape index (κ2) is 6.67. The molecule has 1 unspecified atom stereocenters. The molecule has 7 heteroatoms. The van der Waals surface area contributed by atoms with E-state index in [-0.39, 0.29) is 17.4 Å². The van der Waals surface area contributed by atoms with Crippen LogP contribution in [0.4, 0.5) is 5.95 Å². The highest BCUT2D eigenvalue weighted by Gasteiger charge is 2.19. The lowest BCUT2D eigenvalue weighted by atomic mass is 10.0. The number of hydrogen-bond donors (Lipinski definition) is 2. The maximum atomic E-state index is 11.2. The summed E-state index contributed by atoms with van der Waals surface area (Å²) in [5.41, 5.74) is 0.212. The molecule has 0 amide bonds.